The van der Waals surface area contributed by atoms with E-state index in [0.29, 0.717) is 17.7 Å². The van der Waals surface area contributed by atoms with Crippen LogP contribution in [0.5, 0.6) is 5.75 Å². The summed E-state index contributed by atoms with van der Waals surface area (Å²) in [6.07, 6.45) is -3.86. The zero-order valence-electron chi connectivity index (χ0n) is 18.6. The van der Waals surface area contributed by atoms with Crippen molar-refractivity contribution in [2.75, 3.05) is 0 Å². The lowest BCUT2D eigenvalue weighted by Crippen LogP contribution is -2.10. The van der Waals surface area contributed by atoms with Gasteiger partial charge in [-0.3, -0.25) is 4.99 Å². The molecule has 1 aliphatic rings. The lowest BCUT2D eigenvalue weighted by molar-refractivity contribution is -0.143. The molecule has 0 spiro atoms. The van der Waals surface area contributed by atoms with Crippen molar-refractivity contribution in [2.45, 2.75) is 50.4 Å². The number of phenolic OH excluding ortho intramolecular Hbond substituents is 1. The molecule has 35 heavy (non-hydrogen) atoms. The predicted molar refractivity (Wildman–Crippen MR) is 123 cm³/mol. The fourth-order valence-corrected chi connectivity index (χ4v) is 4.46. The summed E-state index contributed by atoms with van der Waals surface area (Å²) in [7, 11) is 0. The summed E-state index contributed by atoms with van der Waals surface area (Å²) in [5, 5.41) is 11.0. The monoisotopic (exact) mass is 491 g/mol. The highest BCUT2D eigenvalue weighted by Crippen LogP contribution is 2.41. The Kier molecular flexibility index (Phi) is 6.92. The van der Waals surface area contributed by atoms with Crippen molar-refractivity contribution >= 4 is 11.9 Å². The zero-order chi connectivity index (χ0) is 25.2. The fraction of sp³-hybridized carbons (Fsp3) is 0.296. The van der Waals surface area contributed by atoms with Crippen LogP contribution >= 0.6 is 0 Å². The third kappa shape index (κ3) is 5.86. The number of hydrogen-bond donors (Lipinski definition) is 1. The Hall–Kier alpha value is -3.29. The molecule has 0 aromatic heterocycles. The van der Waals surface area contributed by atoms with Crippen LogP contribution in [0, 0.1) is 0 Å². The van der Waals surface area contributed by atoms with Gasteiger partial charge >= 0.3 is 12.4 Å². The van der Waals surface area contributed by atoms with Gasteiger partial charge in [0.2, 0.25) is 0 Å². The molecule has 8 heteroatoms. The highest BCUT2D eigenvalue weighted by atomic mass is 19.4. The molecule has 0 aliphatic heterocycles. The second-order valence-corrected chi connectivity index (χ2v) is 8.73. The van der Waals surface area contributed by atoms with Crippen molar-refractivity contribution in [1.29, 1.82) is 0 Å². The van der Waals surface area contributed by atoms with E-state index in [4.69, 9.17) is 0 Å². The van der Waals surface area contributed by atoms with Crippen molar-refractivity contribution in [3.63, 3.8) is 0 Å². The van der Waals surface area contributed by atoms with Crippen LogP contribution in [0.15, 0.2) is 65.7 Å². The molecule has 0 heterocycles. The second-order valence-electron chi connectivity index (χ2n) is 8.73. The number of benzene rings is 3. The Morgan fingerprint density at radius 3 is 1.91 bits per heavy atom. The van der Waals surface area contributed by atoms with Gasteiger partial charge in [-0.1, -0.05) is 49.6 Å². The van der Waals surface area contributed by atoms with E-state index in [1.165, 1.54) is 0 Å². The van der Waals surface area contributed by atoms with E-state index in [1.54, 1.807) is 6.07 Å². The molecule has 1 aliphatic carbocycles. The van der Waals surface area contributed by atoms with E-state index in [2.05, 4.69) is 4.99 Å². The molecule has 3 aromatic carbocycles. The van der Waals surface area contributed by atoms with Gasteiger partial charge in [-0.25, -0.2) is 0 Å². The van der Waals surface area contributed by atoms with Gasteiger partial charge in [0.15, 0.2) is 0 Å². The third-order valence-corrected chi connectivity index (χ3v) is 6.25. The lowest BCUT2D eigenvalue weighted by atomic mass is 9.82. The van der Waals surface area contributed by atoms with E-state index >= 15 is 0 Å². The summed E-state index contributed by atoms with van der Waals surface area (Å²) in [4.78, 5) is 3.92. The second kappa shape index (κ2) is 9.76. The highest BCUT2D eigenvalue weighted by Gasteiger charge is 2.37. The molecular formula is C27H23F6NO. The van der Waals surface area contributed by atoms with Gasteiger partial charge in [0.05, 0.1) is 16.8 Å². The molecule has 0 amide bonds. The molecule has 0 saturated heterocycles. The summed E-state index contributed by atoms with van der Waals surface area (Å²) < 4.78 is 79.2. The van der Waals surface area contributed by atoms with Crippen molar-refractivity contribution < 1.29 is 31.4 Å². The van der Waals surface area contributed by atoms with Crippen LogP contribution in [0.3, 0.4) is 0 Å². The number of aliphatic imine (C=N–C) groups is 1. The number of aromatic hydroxyl groups is 1. The molecule has 1 N–H and O–H groups in total. The summed E-state index contributed by atoms with van der Waals surface area (Å²) in [6, 6.07) is 14.1. The molecule has 3 aromatic rings. The van der Waals surface area contributed by atoms with Crippen LogP contribution in [0.1, 0.15) is 60.3 Å². The summed E-state index contributed by atoms with van der Waals surface area (Å²) >= 11 is 0. The number of nitrogens with zero attached hydrogens (tertiary/aromatic N) is 1. The van der Waals surface area contributed by atoms with Gasteiger partial charge in [-0.05, 0) is 65.8 Å². The Bertz CT molecular complexity index is 1180. The van der Waals surface area contributed by atoms with Crippen LogP contribution < -0.4 is 0 Å². The first-order valence-corrected chi connectivity index (χ1v) is 11.3. The Morgan fingerprint density at radius 1 is 0.743 bits per heavy atom. The van der Waals surface area contributed by atoms with Gasteiger partial charge in [-0.15, -0.1) is 0 Å². The summed E-state index contributed by atoms with van der Waals surface area (Å²) in [5.41, 5.74) is -0.779. The molecule has 0 atom stereocenters. The van der Waals surface area contributed by atoms with E-state index < -0.39 is 29.2 Å². The Labute approximate surface area is 199 Å². The molecule has 1 saturated carbocycles. The first-order chi connectivity index (χ1) is 16.5. The van der Waals surface area contributed by atoms with E-state index in [1.807, 2.05) is 36.4 Å². The maximum absolute atomic E-state index is 13.2. The Balaban J connectivity index is 1.80. The lowest BCUT2D eigenvalue weighted by Gasteiger charge is -2.24. The fourth-order valence-electron chi connectivity index (χ4n) is 4.46. The van der Waals surface area contributed by atoms with Crippen molar-refractivity contribution in [3.8, 4) is 16.9 Å². The molecule has 1 fully saturated rings. The van der Waals surface area contributed by atoms with Crippen LogP contribution in [0.2, 0.25) is 0 Å². The average molecular weight is 491 g/mol. The van der Waals surface area contributed by atoms with Crippen LogP contribution in [0.25, 0.3) is 11.1 Å². The number of hydrogen-bond acceptors (Lipinski definition) is 2. The molecular weight excluding hydrogens is 468 g/mol. The van der Waals surface area contributed by atoms with Gasteiger partial charge in [0.1, 0.15) is 5.75 Å². The highest BCUT2D eigenvalue weighted by molar-refractivity contribution is 5.89. The molecule has 0 bridgehead atoms. The normalized spacial score (nSPS) is 15.6. The standard InChI is InChI=1S/C27H23F6NO/c28-26(29,30)21-13-22(27(31,32)33)15-23(14-21)34-16-20-11-19(17-7-3-1-4-8-17)12-24(25(20)35)18-9-5-2-6-10-18/h1,3-4,7-8,11-16,18,35H,2,5-6,9-10H2. The van der Waals surface area contributed by atoms with Gasteiger partial charge in [-0.2, -0.15) is 26.3 Å². The zero-order valence-corrected chi connectivity index (χ0v) is 18.6. The van der Waals surface area contributed by atoms with Gasteiger partial charge < -0.3 is 5.11 Å². The number of alkyl halides is 6. The first kappa shape index (κ1) is 24.8. The largest absolute Gasteiger partial charge is 0.507 e. The minimum atomic E-state index is -4.96. The van der Waals surface area contributed by atoms with Crippen LogP contribution in [-0.2, 0) is 12.4 Å². The van der Waals surface area contributed by atoms with E-state index in [0.717, 1.165) is 49.4 Å². The van der Waals surface area contributed by atoms with E-state index in [9.17, 15) is 31.4 Å². The molecule has 4 rings (SSSR count). The minimum Gasteiger partial charge on any atom is -0.507 e. The topological polar surface area (TPSA) is 32.6 Å². The van der Waals surface area contributed by atoms with E-state index in [-0.39, 0.29) is 23.3 Å². The molecule has 0 unspecified atom stereocenters. The third-order valence-electron chi connectivity index (χ3n) is 6.25. The average Bonchev–Trinajstić information content (AvgIpc) is 2.83. The predicted octanol–water partition coefficient (Wildman–Crippen LogP) is 8.90. The van der Waals surface area contributed by atoms with Crippen LogP contribution in [-0.4, -0.2) is 11.3 Å². The van der Waals surface area contributed by atoms with Crippen LogP contribution in [0.4, 0.5) is 32.0 Å². The SMILES string of the molecule is Oc1c(C=Nc2cc(C(F)(F)F)cc(C(F)(F)F)c2)cc(-c2ccccc2)cc1C1CCCCC1. The van der Waals surface area contributed by atoms with Gasteiger partial charge in [0, 0.05) is 11.8 Å². The maximum Gasteiger partial charge on any atom is 0.416 e. The molecule has 0 radical (unpaired) electrons. The number of halogens is 6. The van der Waals surface area contributed by atoms with Gasteiger partial charge in [0.25, 0.3) is 0 Å². The number of rotatable bonds is 4. The van der Waals surface area contributed by atoms with Crippen molar-refractivity contribution in [1.82, 2.24) is 0 Å². The summed E-state index contributed by atoms with van der Waals surface area (Å²) in [6.45, 7) is 0. The first-order valence-electron chi connectivity index (χ1n) is 11.3. The van der Waals surface area contributed by atoms with Crippen molar-refractivity contribution in [3.05, 3.63) is 82.9 Å². The summed E-state index contributed by atoms with van der Waals surface area (Å²) in [5.74, 6) is 0.0632. The quantitative estimate of drug-likeness (QED) is 0.287. The molecule has 2 nitrogen and oxygen atoms in total. The minimum absolute atomic E-state index is 0.0525. The van der Waals surface area contributed by atoms with Crippen molar-refractivity contribution in [2.24, 2.45) is 4.99 Å². The molecule has 184 valence electrons. The Morgan fingerprint density at radius 2 is 1.34 bits per heavy atom. The number of phenols is 1. The maximum atomic E-state index is 13.2. The smallest absolute Gasteiger partial charge is 0.416 e.